The van der Waals surface area contributed by atoms with Gasteiger partial charge in [0.15, 0.2) is 15.4 Å². The normalized spacial score (nSPS) is 26.1. The van der Waals surface area contributed by atoms with Crippen LogP contribution in [-0.2, 0) is 19.4 Å². The van der Waals surface area contributed by atoms with Crippen molar-refractivity contribution in [3.05, 3.63) is 0 Å². The largest absolute Gasteiger partial charge is 0.479 e. The molecule has 1 amide bonds. The Labute approximate surface area is 98.7 Å². The molecule has 1 fully saturated rings. The second kappa shape index (κ2) is 4.61. The van der Waals surface area contributed by atoms with Crippen molar-refractivity contribution >= 4 is 21.7 Å². The fraction of sp³-hybridized carbons (Fsp3) is 0.778. The highest BCUT2D eigenvalue weighted by Crippen LogP contribution is 2.18. The number of aliphatic hydroxyl groups is 1. The minimum Gasteiger partial charge on any atom is -0.479 e. The van der Waals surface area contributed by atoms with Crippen LogP contribution in [0.5, 0.6) is 0 Å². The molecule has 3 N–H and O–H groups in total. The first kappa shape index (κ1) is 13.9. The van der Waals surface area contributed by atoms with Gasteiger partial charge in [0.05, 0.1) is 24.0 Å². The molecule has 0 aliphatic carbocycles. The molecule has 1 saturated heterocycles. The maximum Gasteiger partial charge on any atom is 0.337 e. The molecule has 0 aromatic heterocycles. The van der Waals surface area contributed by atoms with Gasteiger partial charge in [0, 0.05) is 0 Å². The van der Waals surface area contributed by atoms with Crippen LogP contribution in [-0.4, -0.2) is 54.2 Å². The van der Waals surface area contributed by atoms with Gasteiger partial charge in [0.25, 0.3) is 0 Å². The fourth-order valence-corrected chi connectivity index (χ4v) is 3.22. The zero-order chi connectivity index (χ0) is 13.3. The van der Waals surface area contributed by atoms with Crippen molar-refractivity contribution in [2.45, 2.75) is 18.9 Å². The van der Waals surface area contributed by atoms with Crippen molar-refractivity contribution in [1.82, 2.24) is 5.32 Å². The summed E-state index contributed by atoms with van der Waals surface area (Å²) in [7, 11) is -3.15. The molecule has 98 valence electrons. The van der Waals surface area contributed by atoms with E-state index in [4.69, 9.17) is 5.11 Å². The van der Waals surface area contributed by atoms with Gasteiger partial charge in [0.1, 0.15) is 0 Å². The highest BCUT2D eigenvalue weighted by Gasteiger charge is 2.35. The number of amides is 1. The van der Waals surface area contributed by atoms with E-state index >= 15 is 0 Å². The van der Waals surface area contributed by atoms with Gasteiger partial charge in [-0.15, -0.1) is 0 Å². The summed E-state index contributed by atoms with van der Waals surface area (Å²) in [6.07, 6.45) is 0.239. The summed E-state index contributed by atoms with van der Waals surface area (Å²) in [4.78, 5) is 22.1. The lowest BCUT2D eigenvalue weighted by molar-refractivity contribution is -0.156. The Kier molecular flexibility index (Phi) is 3.78. The van der Waals surface area contributed by atoms with Crippen molar-refractivity contribution in [3.63, 3.8) is 0 Å². The summed E-state index contributed by atoms with van der Waals surface area (Å²) in [5.74, 6) is -2.87. The Bertz CT molecular complexity index is 427. The van der Waals surface area contributed by atoms with Gasteiger partial charge in [-0.1, -0.05) is 0 Å². The lowest BCUT2D eigenvalue weighted by atomic mass is 10.1. The van der Waals surface area contributed by atoms with Crippen LogP contribution < -0.4 is 5.32 Å². The molecule has 2 unspecified atom stereocenters. The minimum atomic E-state index is -3.15. The standard InChI is InChI=1S/C9H15NO6S/c1-9(14,8(12)13)5-10-7(11)6-2-3-17(15,16)4-6/h6,14H,2-5H2,1H3,(H,10,11)(H,12,13). The maximum atomic E-state index is 11.5. The summed E-state index contributed by atoms with van der Waals surface area (Å²) in [5.41, 5.74) is -2.05. The van der Waals surface area contributed by atoms with Crippen LogP contribution in [0.2, 0.25) is 0 Å². The van der Waals surface area contributed by atoms with Crippen molar-refractivity contribution in [2.24, 2.45) is 5.92 Å². The van der Waals surface area contributed by atoms with Gasteiger partial charge < -0.3 is 15.5 Å². The molecule has 0 aromatic rings. The van der Waals surface area contributed by atoms with Gasteiger partial charge in [0.2, 0.25) is 5.91 Å². The number of sulfone groups is 1. The Morgan fingerprint density at radius 2 is 2.06 bits per heavy atom. The van der Waals surface area contributed by atoms with Gasteiger partial charge in [-0.3, -0.25) is 4.79 Å². The molecular formula is C9H15NO6S. The molecule has 1 aliphatic heterocycles. The molecule has 1 rings (SSSR count). The molecule has 7 nitrogen and oxygen atoms in total. The van der Waals surface area contributed by atoms with E-state index in [0.29, 0.717) is 0 Å². The van der Waals surface area contributed by atoms with Gasteiger partial charge >= 0.3 is 5.97 Å². The quantitative estimate of drug-likeness (QED) is 0.561. The first-order valence-electron chi connectivity index (χ1n) is 5.08. The van der Waals surface area contributed by atoms with Crippen LogP contribution in [0.3, 0.4) is 0 Å². The minimum absolute atomic E-state index is 0.0274. The second-order valence-corrected chi connectivity index (χ2v) is 6.63. The summed E-state index contributed by atoms with van der Waals surface area (Å²) < 4.78 is 22.3. The lowest BCUT2D eigenvalue weighted by Crippen LogP contribution is -2.48. The van der Waals surface area contributed by atoms with E-state index in [1.165, 1.54) is 0 Å². The van der Waals surface area contributed by atoms with Crippen molar-refractivity contribution in [2.75, 3.05) is 18.1 Å². The van der Waals surface area contributed by atoms with E-state index in [9.17, 15) is 23.1 Å². The average Bonchev–Trinajstić information content (AvgIpc) is 2.55. The van der Waals surface area contributed by atoms with Gasteiger partial charge in [-0.2, -0.15) is 0 Å². The summed E-state index contributed by atoms with van der Waals surface area (Å²) >= 11 is 0. The number of hydrogen-bond donors (Lipinski definition) is 3. The van der Waals surface area contributed by atoms with E-state index in [2.05, 4.69) is 5.32 Å². The zero-order valence-electron chi connectivity index (χ0n) is 9.34. The summed E-state index contributed by atoms with van der Waals surface area (Å²) in [5, 5.41) is 20.2. The van der Waals surface area contributed by atoms with Crippen LogP contribution in [0.4, 0.5) is 0 Å². The number of nitrogens with one attached hydrogen (secondary N) is 1. The van der Waals surface area contributed by atoms with Gasteiger partial charge in [-0.25, -0.2) is 13.2 Å². The summed E-state index contributed by atoms with van der Waals surface area (Å²) in [6.45, 7) is 0.610. The zero-order valence-corrected chi connectivity index (χ0v) is 10.2. The Morgan fingerprint density at radius 3 is 2.47 bits per heavy atom. The highest BCUT2D eigenvalue weighted by molar-refractivity contribution is 7.91. The van der Waals surface area contributed by atoms with Crippen LogP contribution >= 0.6 is 0 Å². The first-order valence-corrected chi connectivity index (χ1v) is 6.90. The molecule has 0 saturated carbocycles. The highest BCUT2D eigenvalue weighted by atomic mass is 32.2. The number of carbonyl (C=O) groups is 2. The molecule has 0 radical (unpaired) electrons. The molecule has 0 bridgehead atoms. The van der Waals surface area contributed by atoms with Gasteiger partial charge in [-0.05, 0) is 13.3 Å². The maximum absolute atomic E-state index is 11.5. The molecule has 1 aliphatic rings. The van der Waals surface area contributed by atoms with E-state index in [-0.39, 0.29) is 17.9 Å². The number of hydrogen-bond acceptors (Lipinski definition) is 5. The van der Waals surface area contributed by atoms with Crippen LogP contribution in [0.1, 0.15) is 13.3 Å². The molecule has 17 heavy (non-hydrogen) atoms. The van der Waals surface area contributed by atoms with E-state index in [0.717, 1.165) is 6.92 Å². The SMILES string of the molecule is CC(O)(CNC(=O)C1CCS(=O)(=O)C1)C(=O)O. The molecule has 0 aromatic carbocycles. The predicted molar refractivity (Wildman–Crippen MR) is 58.0 cm³/mol. The molecular weight excluding hydrogens is 250 g/mol. The average molecular weight is 265 g/mol. The number of carboxylic acids is 1. The van der Waals surface area contributed by atoms with E-state index < -0.39 is 39.8 Å². The third-order valence-electron chi connectivity index (χ3n) is 2.67. The number of aliphatic carboxylic acids is 1. The number of carboxylic acid groups (broad SMARTS) is 1. The summed E-state index contributed by atoms with van der Waals surface area (Å²) in [6, 6.07) is 0. The topological polar surface area (TPSA) is 121 Å². The molecule has 2 atom stereocenters. The third kappa shape index (κ3) is 3.67. The van der Waals surface area contributed by atoms with Crippen molar-refractivity contribution in [1.29, 1.82) is 0 Å². The van der Waals surface area contributed by atoms with Crippen LogP contribution in [0.25, 0.3) is 0 Å². The molecule has 8 heteroatoms. The Morgan fingerprint density at radius 1 is 1.47 bits per heavy atom. The first-order chi connectivity index (χ1) is 7.64. The Balaban J connectivity index is 2.49. The van der Waals surface area contributed by atoms with E-state index in [1.54, 1.807) is 0 Å². The molecule has 0 spiro atoms. The van der Waals surface area contributed by atoms with Crippen molar-refractivity contribution < 1.29 is 28.2 Å². The predicted octanol–water partition coefficient (Wildman–Crippen LogP) is -1.63. The monoisotopic (exact) mass is 265 g/mol. The van der Waals surface area contributed by atoms with Crippen molar-refractivity contribution in [3.8, 4) is 0 Å². The third-order valence-corrected chi connectivity index (χ3v) is 4.44. The fourth-order valence-electron chi connectivity index (χ4n) is 1.48. The lowest BCUT2D eigenvalue weighted by Gasteiger charge is -2.19. The molecule has 1 heterocycles. The number of rotatable bonds is 4. The van der Waals surface area contributed by atoms with Crippen LogP contribution in [0, 0.1) is 5.92 Å². The van der Waals surface area contributed by atoms with Crippen LogP contribution in [0.15, 0.2) is 0 Å². The van der Waals surface area contributed by atoms with E-state index in [1.807, 2.05) is 0 Å². The Hall–Kier alpha value is -1.15. The second-order valence-electron chi connectivity index (χ2n) is 4.40. The smallest absolute Gasteiger partial charge is 0.337 e. The number of carbonyl (C=O) groups excluding carboxylic acids is 1.